The van der Waals surface area contributed by atoms with E-state index in [1.54, 1.807) is 52.2 Å². The highest BCUT2D eigenvalue weighted by molar-refractivity contribution is 6.34. The van der Waals surface area contributed by atoms with Gasteiger partial charge in [-0.05, 0) is 69.2 Å². The van der Waals surface area contributed by atoms with Crippen molar-refractivity contribution in [2.75, 3.05) is 34.9 Å². The van der Waals surface area contributed by atoms with Gasteiger partial charge in [0.15, 0.2) is 0 Å². The summed E-state index contributed by atoms with van der Waals surface area (Å²) in [7, 11) is 1.54. The molecule has 5 heterocycles. The van der Waals surface area contributed by atoms with E-state index in [4.69, 9.17) is 16.3 Å². The monoisotopic (exact) mass is 700 g/mol. The summed E-state index contributed by atoms with van der Waals surface area (Å²) in [5.41, 5.74) is 1.37. The lowest BCUT2D eigenvalue weighted by Crippen LogP contribution is -2.52. The van der Waals surface area contributed by atoms with Gasteiger partial charge < -0.3 is 19.6 Å². The Morgan fingerprint density at radius 3 is 2.55 bits per heavy atom. The Kier molecular flexibility index (Phi) is 8.76. The molecule has 1 saturated heterocycles. The highest BCUT2D eigenvalue weighted by Crippen LogP contribution is 2.44. The number of halogens is 4. The molecule has 3 aliphatic heterocycles. The molecule has 0 spiro atoms. The fourth-order valence-electron chi connectivity index (χ4n) is 6.85. The number of aliphatic hydroxyl groups is 1. The summed E-state index contributed by atoms with van der Waals surface area (Å²) in [6.07, 6.45) is -3.72. The average Bonchev–Trinajstić information content (AvgIpc) is 3.54. The maximum Gasteiger partial charge on any atom is 0.416 e. The molecule has 49 heavy (non-hydrogen) atoms. The third-order valence-corrected chi connectivity index (χ3v) is 9.20. The van der Waals surface area contributed by atoms with E-state index in [9.17, 15) is 32.7 Å². The van der Waals surface area contributed by atoms with Crippen LogP contribution in [0.15, 0.2) is 42.6 Å². The van der Waals surface area contributed by atoms with E-state index in [0.29, 0.717) is 22.1 Å². The normalized spacial score (nSPS) is 21.0. The van der Waals surface area contributed by atoms with Crippen LogP contribution in [-0.4, -0.2) is 69.7 Å². The molecule has 15 heteroatoms. The highest BCUT2D eigenvalue weighted by Gasteiger charge is 2.49. The van der Waals surface area contributed by atoms with Crippen molar-refractivity contribution in [1.29, 1.82) is 0 Å². The number of aliphatic hydroxyl groups excluding tert-OH is 1. The van der Waals surface area contributed by atoms with Crippen molar-refractivity contribution >= 4 is 46.7 Å². The largest absolute Gasteiger partial charge is 0.444 e. The van der Waals surface area contributed by atoms with Gasteiger partial charge in [-0.15, -0.1) is 0 Å². The Morgan fingerprint density at radius 2 is 1.88 bits per heavy atom. The number of rotatable bonds is 4. The smallest absolute Gasteiger partial charge is 0.416 e. The molecule has 3 aromatic rings. The number of hydrogen-bond donors (Lipinski definition) is 1. The van der Waals surface area contributed by atoms with E-state index in [1.807, 2.05) is 11.0 Å². The Balaban J connectivity index is 1.36. The lowest BCUT2D eigenvalue weighted by Gasteiger charge is -2.39. The number of ether oxygens (including phenoxy) is 1. The van der Waals surface area contributed by atoms with E-state index in [-0.39, 0.29) is 44.2 Å². The Morgan fingerprint density at radius 1 is 1.14 bits per heavy atom. The SMILES string of the molecule is Cc1cc(C(F)(F)F)cc(N2C(=O)C[C@@H]3CN(Cc4cnc5c(c4)CN(C(=O)OC(C)(C)C)C5CO)c4c(Cl)cccc4N(C)C(=O)[C@H]32)n1. The number of hydrogen-bond acceptors (Lipinski definition) is 8. The van der Waals surface area contributed by atoms with Crippen LogP contribution in [0.5, 0.6) is 0 Å². The van der Waals surface area contributed by atoms with Gasteiger partial charge in [0.2, 0.25) is 11.8 Å². The zero-order chi connectivity index (χ0) is 35.6. The van der Waals surface area contributed by atoms with Crippen molar-refractivity contribution < 1.29 is 37.4 Å². The number of pyridine rings is 2. The topological polar surface area (TPSA) is 119 Å². The number of likely N-dealkylation sites (N-methyl/N-ethyl adjacent to an activating group) is 1. The van der Waals surface area contributed by atoms with Gasteiger partial charge in [0.1, 0.15) is 23.5 Å². The number of aromatic nitrogens is 2. The summed E-state index contributed by atoms with van der Waals surface area (Å²) in [6, 6.07) is 6.87. The highest BCUT2D eigenvalue weighted by atomic mass is 35.5. The van der Waals surface area contributed by atoms with Gasteiger partial charge in [0.05, 0.1) is 40.8 Å². The molecule has 1 fully saturated rings. The fourth-order valence-corrected chi connectivity index (χ4v) is 7.14. The third kappa shape index (κ3) is 6.51. The molecule has 0 saturated carbocycles. The van der Waals surface area contributed by atoms with Gasteiger partial charge in [-0.3, -0.25) is 24.4 Å². The summed E-state index contributed by atoms with van der Waals surface area (Å²) >= 11 is 6.78. The van der Waals surface area contributed by atoms with Crippen molar-refractivity contribution in [3.05, 3.63) is 75.7 Å². The molecule has 1 aromatic carbocycles. The van der Waals surface area contributed by atoms with Crippen LogP contribution in [0.2, 0.25) is 5.02 Å². The van der Waals surface area contributed by atoms with E-state index < -0.39 is 53.2 Å². The van der Waals surface area contributed by atoms with E-state index in [1.165, 1.54) is 16.7 Å². The predicted molar refractivity (Wildman–Crippen MR) is 175 cm³/mol. The number of alkyl halides is 3. The van der Waals surface area contributed by atoms with Gasteiger partial charge in [0, 0.05) is 44.4 Å². The predicted octanol–water partition coefficient (Wildman–Crippen LogP) is 5.65. The van der Waals surface area contributed by atoms with Crippen molar-refractivity contribution in [1.82, 2.24) is 14.9 Å². The minimum atomic E-state index is -4.68. The van der Waals surface area contributed by atoms with Crippen LogP contribution < -0.4 is 14.7 Å². The number of nitrogens with zero attached hydrogens (tertiary/aromatic N) is 6. The minimum Gasteiger partial charge on any atom is -0.444 e. The molecule has 1 N–H and O–H groups in total. The summed E-state index contributed by atoms with van der Waals surface area (Å²) in [5.74, 6) is -1.86. The van der Waals surface area contributed by atoms with Gasteiger partial charge >= 0.3 is 12.3 Å². The van der Waals surface area contributed by atoms with Gasteiger partial charge in [-0.2, -0.15) is 13.2 Å². The van der Waals surface area contributed by atoms with Crippen LogP contribution >= 0.6 is 11.6 Å². The first-order valence-corrected chi connectivity index (χ1v) is 16.1. The van der Waals surface area contributed by atoms with Crippen LogP contribution in [0.25, 0.3) is 0 Å². The zero-order valence-electron chi connectivity index (χ0n) is 27.6. The van der Waals surface area contributed by atoms with E-state index >= 15 is 0 Å². The van der Waals surface area contributed by atoms with E-state index in [2.05, 4.69) is 9.97 Å². The first-order chi connectivity index (χ1) is 23.0. The summed E-state index contributed by atoms with van der Waals surface area (Å²) in [4.78, 5) is 55.4. The Hall–Kier alpha value is -4.43. The van der Waals surface area contributed by atoms with Crippen molar-refractivity contribution in [2.45, 2.75) is 71.1 Å². The fraction of sp³-hybridized carbons (Fsp3) is 0.441. The standard InChI is InChI=1S/C34H36ClF3N6O5/c1-18-9-22(34(36,37)38)12-26(40-18)44-27(46)11-21-15-42(30-23(35)7-6-8-24(30)41(5)31(47)29(21)44)14-19-10-20-16-43(32(48)49-33(2,3)4)25(17-45)28(20)39-13-19/h6-10,12-13,21,25,29,45H,11,14-17H2,1-5H3/t21-,25?,29+/m1/s1. The minimum absolute atomic E-state index is 0.0595. The molecule has 260 valence electrons. The maximum atomic E-state index is 14.1. The maximum absolute atomic E-state index is 14.1. The zero-order valence-corrected chi connectivity index (χ0v) is 28.3. The molecule has 1 unspecified atom stereocenters. The second-order valence-electron chi connectivity index (χ2n) is 13.6. The molecular weight excluding hydrogens is 665 g/mol. The van der Waals surface area contributed by atoms with Crippen LogP contribution in [0.1, 0.15) is 61.3 Å². The molecule has 3 atom stereocenters. The quantitative estimate of drug-likeness (QED) is 0.371. The Bertz CT molecular complexity index is 1830. The van der Waals surface area contributed by atoms with Crippen LogP contribution in [0, 0.1) is 12.8 Å². The number of amides is 3. The molecule has 0 aliphatic carbocycles. The first kappa shape index (κ1) is 34.4. The number of anilines is 3. The summed E-state index contributed by atoms with van der Waals surface area (Å²) < 4.78 is 46.9. The molecule has 2 aromatic heterocycles. The lowest BCUT2D eigenvalue weighted by molar-refractivity contribution is -0.137. The molecule has 3 amide bonds. The number of para-hydroxylation sites is 1. The van der Waals surface area contributed by atoms with Crippen molar-refractivity contribution in [3.63, 3.8) is 0 Å². The van der Waals surface area contributed by atoms with Gasteiger partial charge in [0.25, 0.3) is 0 Å². The summed E-state index contributed by atoms with van der Waals surface area (Å²) in [6.45, 7) is 6.89. The first-order valence-electron chi connectivity index (χ1n) is 15.7. The van der Waals surface area contributed by atoms with Crippen LogP contribution in [-0.2, 0) is 33.6 Å². The number of carbonyl (C=O) groups excluding carboxylic acids is 3. The van der Waals surface area contributed by atoms with Gasteiger partial charge in [-0.1, -0.05) is 17.7 Å². The van der Waals surface area contributed by atoms with Gasteiger partial charge in [-0.25, -0.2) is 9.78 Å². The number of benzene rings is 1. The van der Waals surface area contributed by atoms with Crippen LogP contribution in [0.4, 0.5) is 35.2 Å². The average molecular weight is 701 g/mol. The second-order valence-corrected chi connectivity index (χ2v) is 14.0. The summed E-state index contributed by atoms with van der Waals surface area (Å²) in [5, 5.41) is 10.5. The molecule has 6 rings (SSSR count). The Labute approximate surface area is 286 Å². The molecule has 0 radical (unpaired) electrons. The van der Waals surface area contributed by atoms with Crippen molar-refractivity contribution in [3.8, 4) is 0 Å². The number of aryl methyl sites for hydroxylation is 1. The molecule has 0 bridgehead atoms. The second kappa shape index (κ2) is 12.5. The molecular formula is C34H36ClF3N6O5. The lowest BCUT2D eigenvalue weighted by atomic mass is 9.95. The molecule has 3 aliphatic rings. The van der Waals surface area contributed by atoms with Crippen molar-refractivity contribution in [2.24, 2.45) is 5.92 Å². The molecule has 11 nitrogen and oxygen atoms in total. The number of carbonyl (C=O) groups is 3. The van der Waals surface area contributed by atoms with E-state index in [0.717, 1.165) is 28.2 Å². The van der Waals surface area contributed by atoms with Crippen LogP contribution in [0.3, 0.4) is 0 Å². The number of fused-ring (bicyclic) bond motifs is 3. The third-order valence-electron chi connectivity index (χ3n) is 8.89.